The Kier molecular flexibility index (Phi) is 7.82. The lowest BCUT2D eigenvalue weighted by Gasteiger charge is -2.31. The third kappa shape index (κ3) is 6.54. The third-order valence-electron chi connectivity index (χ3n) is 4.39. The topological polar surface area (TPSA) is 113 Å². The molecule has 3 rings (SSSR count). The summed E-state index contributed by atoms with van der Waals surface area (Å²) in [5, 5.41) is 18.7. The highest BCUT2D eigenvalue weighted by Crippen LogP contribution is 2.29. The molecule has 0 aromatic carbocycles. The van der Waals surface area contributed by atoms with Crippen molar-refractivity contribution < 1.29 is 37.8 Å². The van der Waals surface area contributed by atoms with Crippen LogP contribution in [-0.2, 0) is 33.9 Å². The lowest BCUT2D eigenvalue weighted by Crippen LogP contribution is -2.42. The minimum Gasteiger partial charge on any atom is -0.481 e. The first-order chi connectivity index (χ1) is 14.4. The van der Waals surface area contributed by atoms with Crippen LogP contribution in [0.2, 0.25) is 0 Å². The van der Waals surface area contributed by atoms with E-state index in [1.54, 1.807) is 11.2 Å². The first kappa shape index (κ1) is 24.4. The van der Waals surface area contributed by atoms with Crippen molar-refractivity contribution in [3.8, 4) is 0 Å². The van der Waals surface area contributed by atoms with Gasteiger partial charge in [0.05, 0.1) is 30.7 Å². The van der Waals surface area contributed by atoms with Crippen molar-refractivity contribution in [2.75, 3.05) is 6.54 Å². The standard InChI is InChI=1S/C17H21N3O3S.C2HF3O2/c1-11(2)7-20-10-18-14-9-19(8-13(16(14)20)17(22)23)15(21)6-12-4-3-5-24-12;3-2(4,5)1(6)7/h3-5,10-11,13H,6-9H2,1-2H3,(H,22,23);(H,6,7). The van der Waals surface area contributed by atoms with E-state index >= 15 is 0 Å². The van der Waals surface area contributed by atoms with Gasteiger partial charge in [-0.2, -0.15) is 13.2 Å². The largest absolute Gasteiger partial charge is 0.490 e. The van der Waals surface area contributed by atoms with E-state index in [0.717, 1.165) is 17.1 Å². The average Bonchev–Trinajstić information content (AvgIpc) is 3.30. The number of aromatic nitrogens is 2. The van der Waals surface area contributed by atoms with Gasteiger partial charge in [-0.25, -0.2) is 9.78 Å². The molecule has 1 aliphatic rings. The fourth-order valence-electron chi connectivity index (χ4n) is 3.11. The molecule has 0 saturated carbocycles. The quantitative estimate of drug-likeness (QED) is 0.708. The molecule has 12 heteroatoms. The van der Waals surface area contributed by atoms with Gasteiger partial charge in [-0.05, 0) is 17.4 Å². The van der Waals surface area contributed by atoms with Crippen LogP contribution in [0.4, 0.5) is 13.2 Å². The number of fused-ring (bicyclic) bond motifs is 1. The zero-order valence-corrected chi connectivity index (χ0v) is 17.6. The first-order valence-corrected chi connectivity index (χ1v) is 10.1. The molecule has 1 unspecified atom stereocenters. The second kappa shape index (κ2) is 9.94. The molecule has 1 amide bonds. The maximum absolute atomic E-state index is 12.5. The summed E-state index contributed by atoms with van der Waals surface area (Å²) < 4.78 is 33.7. The Balaban J connectivity index is 0.000000423. The molecule has 0 spiro atoms. The van der Waals surface area contributed by atoms with Crippen LogP contribution in [0.5, 0.6) is 0 Å². The molecule has 1 atom stereocenters. The van der Waals surface area contributed by atoms with Gasteiger partial charge in [0.2, 0.25) is 5.91 Å². The van der Waals surface area contributed by atoms with Gasteiger partial charge in [0.1, 0.15) is 5.92 Å². The van der Waals surface area contributed by atoms with E-state index in [0.29, 0.717) is 24.6 Å². The number of aliphatic carboxylic acids is 2. The van der Waals surface area contributed by atoms with Gasteiger partial charge >= 0.3 is 18.1 Å². The van der Waals surface area contributed by atoms with Crippen LogP contribution in [0, 0.1) is 5.92 Å². The third-order valence-corrected chi connectivity index (χ3v) is 5.27. The molecule has 0 saturated heterocycles. The zero-order valence-electron chi connectivity index (χ0n) is 16.8. The molecule has 0 bridgehead atoms. The number of hydrogen-bond donors (Lipinski definition) is 2. The monoisotopic (exact) mass is 461 g/mol. The minimum atomic E-state index is -5.08. The summed E-state index contributed by atoms with van der Waals surface area (Å²) in [6, 6.07) is 3.83. The molecular weight excluding hydrogens is 439 g/mol. The first-order valence-electron chi connectivity index (χ1n) is 9.27. The number of halogens is 3. The second-order valence-electron chi connectivity index (χ2n) is 7.35. The van der Waals surface area contributed by atoms with Crippen LogP contribution in [0.3, 0.4) is 0 Å². The van der Waals surface area contributed by atoms with Gasteiger partial charge < -0.3 is 19.7 Å². The van der Waals surface area contributed by atoms with E-state index in [4.69, 9.17) is 9.90 Å². The average molecular weight is 461 g/mol. The van der Waals surface area contributed by atoms with E-state index in [1.807, 2.05) is 22.1 Å². The molecule has 0 fully saturated rings. The van der Waals surface area contributed by atoms with E-state index < -0.39 is 24.0 Å². The van der Waals surface area contributed by atoms with Gasteiger partial charge in [-0.3, -0.25) is 9.59 Å². The van der Waals surface area contributed by atoms with Crippen LogP contribution >= 0.6 is 11.3 Å². The molecule has 1 aliphatic heterocycles. The lowest BCUT2D eigenvalue weighted by molar-refractivity contribution is -0.192. The van der Waals surface area contributed by atoms with Crippen LogP contribution in [0.25, 0.3) is 0 Å². The highest BCUT2D eigenvalue weighted by atomic mass is 32.1. The number of carboxylic acids is 2. The van der Waals surface area contributed by atoms with Crippen molar-refractivity contribution in [1.82, 2.24) is 14.5 Å². The summed E-state index contributed by atoms with van der Waals surface area (Å²) in [4.78, 5) is 40.2. The molecule has 2 N–H and O–H groups in total. The van der Waals surface area contributed by atoms with Gasteiger partial charge in [0.25, 0.3) is 0 Å². The summed E-state index contributed by atoms with van der Waals surface area (Å²) in [7, 11) is 0. The fraction of sp³-hybridized carbons (Fsp3) is 0.474. The Hall–Kier alpha value is -2.89. The van der Waals surface area contributed by atoms with Crippen molar-refractivity contribution in [3.63, 3.8) is 0 Å². The Bertz CT molecular complexity index is 925. The van der Waals surface area contributed by atoms with Gasteiger partial charge in [0, 0.05) is 18.0 Å². The Morgan fingerprint density at radius 1 is 1.29 bits per heavy atom. The molecule has 0 aliphatic carbocycles. The summed E-state index contributed by atoms with van der Waals surface area (Å²) in [6.07, 6.45) is -3.07. The number of imidazole rings is 1. The number of carbonyl (C=O) groups is 3. The Morgan fingerprint density at radius 3 is 2.42 bits per heavy atom. The maximum atomic E-state index is 12.5. The summed E-state index contributed by atoms with van der Waals surface area (Å²) >= 11 is 1.54. The van der Waals surface area contributed by atoms with Crippen LogP contribution in [0.1, 0.15) is 36.0 Å². The normalized spacial score (nSPS) is 15.8. The smallest absolute Gasteiger partial charge is 0.481 e. The summed E-state index contributed by atoms with van der Waals surface area (Å²) in [5.74, 6) is -4.03. The molecule has 8 nitrogen and oxygen atoms in total. The predicted octanol–water partition coefficient (Wildman–Crippen LogP) is 2.99. The summed E-state index contributed by atoms with van der Waals surface area (Å²) in [5.41, 5.74) is 1.45. The van der Waals surface area contributed by atoms with Crippen molar-refractivity contribution in [3.05, 3.63) is 40.1 Å². The molecule has 170 valence electrons. The second-order valence-corrected chi connectivity index (χ2v) is 8.38. The van der Waals surface area contributed by atoms with Crippen LogP contribution in [-0.4, -0.2) is 55.2 Å². The van der Waals surface area contributed by atoms with Crippen molar-refractivity contribution in [2.24, 2.45) is 5.92 Å². The van der Waals surface area contributed by atoms with Crippen molar-refractivity contribution >= 4 is 29.2 Å². The molecule has 2 aromatic heterocycles. The van der Waals surface area contributed by atoms with Crippen molar-refractivity contribution in [1.29, 1.82) is 0 Å². The highest BCUT2D eigenvalue weighted by molar-refractivity contribution is 7.10. The van der Waals surface area contributed by atoms with Gasteiger partial charge in [-0.15, -0.1) is 11.3 Å². The van der Waals surface area contributed by atoms with E-state index in [-0.39, 0.29) is 12.5 Å². The molecule has 31 heavy (non-hydrogen) atoms. The fourth-order valence-corrected chi connectivity index (χ4v) is 3.80. The van der Waals surface area contributed by atoms with Gasteiger partial charge in [0.15, 0.2) is 0 Å². The Morgan fingerprint density at radius 2 is 1.94 bits per heavy atom. The van der Waals surface area contributed by atoms with Crippen molar-refractivity contribution in [2.45, 2.75) is 45.5 Å². The predicted molar refractivity (Wildman–Crippen MR) is 105 cm³/mol. The molecular formula is C19H22F3N3O5S. The number of rotatable bonds is 5. The van der Waals surface area contributed by atoms with Gasteiger partial charge in [-0.1, -0.05) is 19.9 Å². The SMILES string of the molecule is CC(C)Cn1cnc2c1C(C(=O)O)CN(C(=O)Cc1cccs1)C2.O=C(O)C(F)(F)F. The number of carboxylic acid groups (broad SMARTS) is 2. The number of amides is 1. The maximum Gasteiger partial charge on any atom is 0.490 e. The van der Waals surface area contributed by atoms with Crippen LogP contribution < -0.4 is 0 Å². The van der Waals surface area contributed by atoms with Crippen LogP contribution in [0.15, 0.2) is 23.8 Å². The molecule has 2 aromatic rings. The number of hydrogen-bond acceptors (Lipinski definition) is 5. The molecule has 3 heterocycles. The Labute approximate surface area is 179 Å². The van der Waals surface area contributed by atoms with E-state index in [1.165, 1.54) is 11.3 Å². The number of carbonyl (C=O) groups excluding carboxylic acids is 1. The van der Waals surface area contributed by atoms with E-state index in [2.05, 4.69) is 18.8 Å². The van der Waals surface area contributed by atoms with E-state index in [9.17, 15) is 27.9 Å². The number of nitrogens with zero attached hydrogens (tertiary/aromatic N) is 3. The lowest BCUT2D eigenvalue weighted by atomic mass is 9.97. The highest BCUT2D eigenvalue weighted by Gasteiger charge is 2.38. The number of alkyl halides is 3. The minimum absolute atomic E-state index is 0.0484. The summed E-state index contributed by atoms with van der Waals surface area (Å²) in [6.45, 7) is 5.49. The number of thiophene rings is 1. The zero-order chi connectivity index (χ0) is 23.3. The molecule has 0 radical (unpaired) electrons.